The number of nitrogens with one attached hydrogen (secondary N) is 1. The van der Waals surface area contributed by atoms with Gasteiger partial charge in [-0.05, 0) is 37.1 Å². The highest BCUT2D eigenvalue weighted by atomic mass is 35.5. The van der Waals surface area contributed by atoms with E-state index in [-0.39, 0.29) is 5.91 Å². The van der Waals surface area contributed by atoms with E-state index in [4.69, 9.17) is 11.6 Å². The fraction of sp³-hybridized carbons (Fsp3) is 0.167. The van der Waals surface area contributed by atoms with Crippen LogP contribution in [-0.2, 0) is 6.42 Å². The summed E-state index contributed by atoms with van der Waals surface area (Å²) in [5.41, 5.74) is 2.75. The summed E-state index contributed by atoms with van der Waals surface area (Å²) in [4.78, 5) is 21.6. The molecule has 1 amide bonds. The van der Waals surface area contributed by atoms with E-state index in [2.05, 4.69) is 15.3 Å². The van der Waals surface area contributed by atoms with Gasteiger partial charge in [0.15, 0.2) is 0 Å². The van der Waals surface area contributed by atoms with Gasteiger partial charge in [-0.1, -0.05) is 29.8 Å². The Labute approximate surface area is 149 Å². The van der Waals surface area contributed by atoms with Crippen molar-refractivity contribution in [1.82, 2.24) is 15.3 Å². The van der Waals surface area contributed by atoms with E-state index >= 15 is 0 Å². The Hall–Kier alpha value is -2.24. The number of nitrogens with zero attached hydrogens (tertiary/aromatic N) is 2. The van der Waals surface area contributed by atoms with Gasteiger partial charge in [0.25, 0.3) is 5.91 Å². The summed E-state index contributed by atoms with van der Waals surface area (Å²) in [5.74, 6) is -0.0952. The lowest BCUT2D eigenvalue weighted by Crippen LogP contribution is -2.25. The number of hydrogen-bond donors (Lipinski definition) is 1. The minimum absolute atomic E-state index is 0.0952. The van der Waals surface area contributed by atoms with Gasteiger partial charge in [-0.15, -0.1) is 11.3 Å². The lowest BCUT2D eigenvalue weighted by atomic mass is 10.2. The molecule has 0 fully saturated rings. The number of rotatable bonds is 5. The molecule has 6 heteroatoms. The van der Waals surface area contributed by atoms with E-state index in [1.807, 2.05) is 43.3 Å². The van der Waals surface area contributed by atoms with E-state index in [0.717, 1.165) is 28.2 Å². The first-order chi connectivity index (χ1) is 11.6. The van der Waals surface area contributed by atoms with E-state index in [1.165, 1.54) is 11.3 Å². The quantitative estimate of drug-likeness (QED) is 0.746. The molecule has 0 saturated carbocycles. The average Bonchev–Trinajstić information content (AvgIpc) is 2.98. The molecule has 4 nitrogen and oxygen atoms in total. The van der Waals surface area contributed by atoms with Crippen molar-refractivity contribution in [2.24, 2.45) is 0 Å². The van der Waals surface area contributed by atoms with Crippen LogP contribution in [0, 0.1) is 6.92 Å². The minimum Gasteiger partial charge on any atom is -0.351 e. The number of thiazole rings is 1. The zero-order chi connectivity index (χ0) is 16.9. The van der Waals surface area contributed by atoms with Crippen molar-refractivity contribution in [3.05, 3.63) is 69.9 Å². The topological polar surface area (TPSA) is 54.9 Å². The van der Waals surface area contributed by atoms with E-state index < -0.39 is 0 Å². The predicted molar refractivity (Wildman–Crippen MR) is 97.6 cm³/mol. The van der Waals surface area contributed by atoms with Crippen LogP contribution in [0.3, 0.4) is 0 Å². The fourth-order valence-electron chi connectivity index (χ4n) is 2.30. The summed E-state index contributed by atoms with van der Waals surface area (Å²) in [6, 6.07) is 11.4. The molecule has 0 saturated heterocycles. The molecule has 1 N–H and O–H groups in total. The van der Waals surface area contributed by atoms with Gasteiger partial charge < -0.3 is 5.32 Å². The lowest BCUT2D eigenvalue weighted by molar-refractivity contribution is 0.0957. The first kappa shape index (κ1) is 16.6. The normalized spacial score (nSPS) is 10.6. The zero-order valence-electron chi connectivity index (χ0n) is 13.1. The van der Waals surface area contributed by atoms with Crippen molar-refractivity contribution in [3.63, 3.8) is 0 Å². The summed E-state index contributed by atoms with van der Waals surface area (Å²) in [6.07, 6.45) is 4.29. The molecule has 2 heterocycles. The summed E-state index contributed by atoms with van der Waals surface area (Å²) in [5, 5.41) is 4.40. The van der Waals surface area contributed by atoms with Gasteiger partial charge in [-0.2, -0.15) is 0 Å². The molecule has 24 heavy (non-hydrogen) atoms. The molecule has 2 aromatic heterocycles. The summed E-state index contributed by atoms with van der Waals surface area (Å²) in [7, 11) is 0. The van der Waals surface area contributed by atoms with Crippen molar-refractivity contribution in [2.75, 3.05) is 6.54 Å². The molecule has 0 unspecified atom stereocenters. The van der Waals surface area contributed by atoms with Crippen LogP contribution in [0.1, 0.15) is 20.9 Å². The van der Waals surface area contributed by atoms with Crippen molar-refractivity contribution >= 4 is 28.8 Å². The summed E-state index contributed by atoms with van der Waals surface area (Å²) < 4.78 is 0. The first-order valence-electron chi connectivity index (χ1n) is 7.54. The number of aryl methyl sites for hydroxylation is 1. The molecule has 0 radical (unpaired) electrons. The number of amides is 1. The Morgan fingerprint density at radius 1 is 1.29 bits per heavy atom. The Kier molecular flexibility index (Phi) is 5.23. The van der Waals surface area contributed by atoms with Crippen molar-refractivity contribution in [1.29, 1.82) is 0 Å². The molecule has 0 atom stereocenters. The monoisotopic (exact) mass is 357 g/mol. The van der Waals surface area contributed by atoms with Crippen molar-refractivity contribution in [3.8, 4) is 10.6 Å². The summed E-state index contributed by atoms with van der Waals surface area (Å²) in [6.45, 7) is 2.41. The van der Waals surface area contributed by atoms with Gasteiger partial charge >= 0.3 is 0 Å². The highest BCUT2D eigenvalue weighted by Gasteiger charge is 2.16. The van der Waals surface area contributed by atoms with Crippen molar-refractivity contribution in [2.45, 2.75) is 13.3 Å². The van der Waals surface area contributed by atoms with Crippen LogP contribution in [0.5, 0.6) is 0 Å². The Morgan fingerprint density at radius 3 is 2.92 bits per heavy atom. The SMILES string of the molecule is Cc1nc(-c2cccc(Cl)c2)sc1C(=O)NCCc1cccnc1. The standard InChI is InChI=1S/C18H16ClN3OS/c1-12-16(17(23)21-9-7-13-4-3-8-20-11-13)24-18(22-12)14-5-2-6-15(19)10-14/h2-6,8,10-11H,7,9H2,1H3,(H,21,23). The van der Waals surface area contributed by atoms with Gasteiger partial charge in [0, 0.05) is 29.5 Å². The maximum atomic E-state index is 12.4. The second kappa shape index (κ2) is 7.55. The third-order valence-electron chi connectivity index (χ3n) is 3.50. The minimum atomic E-state index is -0.0952. The van der Waals surface area contributed by atoms with Gasteiger partial charge in [-0.3, -0.25) is 9.78 Å². The van der Waals surface area contributed by atoms with E-state index in [0.29, 0.717) is 16.4 Å². The molecule has 3 rings (SSSR count). The highest BCUT2D eigenvalue weighted by Crippen LogP contribution is 2.29. The second-order valence-corrected chi connectivity index (χ2v) is 6.75. The van der Waals surface area contributed by atoms with Crippen molar-refractivity contribution < 1.29 is 4.79 Å². The number of hydrogen-bond acceptors (Lipinski definition) is 4. The number of halogens is 1. The predicted octanol–water partition coefficient (Wildman–Crippen LogP) is 4.14. The van der Waals surface area contributed by atoms with Crippen LogP contribution >= 0.6 is 22.9 Å². The summed E-state index contributed by atoms with van der Waals surface area (Å²) >= 11 is 7.40. The number of pyridine rings is 1. The first-order valence-corrected chi connectivity index (χ1v) is 8.73. The highest BCUT2D eigenvalue weighted by molar-refractivity contribution is 7.17. The molecule has 0 aliphatic heterocycles. The Bertz CT molecular complexity index is 848. The molecule has 122 valence electrons. The van der Waals surface area contributed by atoms with E-state index in [9.17, 15) is 4.79 Å². The number of benzene rings is 1. The van der Waals surface area contributed by atoms with Gasteiger partial charge in [0.2, 0.25) is 0 Å². The molecule has 1 aromatic carbocycles. The molecule has 0 aliphatic rings. The Morgan fingerprint density at radius 2 is 2.17 bits per heavy atom. The molecular weight excluding hydrogens is 342 g/mol. The molecule has 3 aromatic rings. The number of carbonyl (C=O) groups excluding carboxylic acids is 1. The Balaban J connectivity index is 1.67. The van der Waals surface area contributed by atoms with Crippen LogP contribution in [0.4, 0.5) is 0 Å². The molecule has 0 spiro atoms. The fourth-order valence-corrected chi connectivity index (χ4v) is 3.47. The van der Waals surface area contributed by atoms with Gasteiger partial charge in [0.1, 0.15) is 9.88 Å². The van der Waals surface area contributed by atoms with Crippen LogP contribution < -0.4 is 5.32 Å². The lowest BCUT2D eigenvalue weighted by Gasteiger charge is -2.03. The van der Waals surface area contributed by atoms with E-state index in [1.54, 1.807) is 12.4 Å². The maximum Gasteiger partial charge on any atom is 0.263 e. The molecular formula is C18H16ClN3OS. The third-order valence-corrected chi connectivity index (χ3v) is 4.94. The molecule has 0 bridgehead atoms. The maximum absolute atomic E-state index is 12.4. The zero-order valence-corrected chi connectivity index (χ0v) is 14.7. The average molecular weight is 358 g/mol. The number of carbonyl (C=O) groups is 1. The van der Waals surface area contributed by atoms with Crippen LogP contribution in [0.15, 0.2) is 48.8 Å². The van der Waals surface area contributed by atoms with Crippen LogP contribution in [0.25, 0.3) is 10.6 Å². The largest absolute Gasteiger partial charge is 0.351 e. The second-order valence-electron chi connectivity index (χ2n) is 5.31. The van der Waals surface area contributed by atoms with Gasteiger partial charge in [0.05, 0.1) is 5.69 Å². The number of aromatic nitrogens is 2. The van der Waals surface area contributed by atoms with Crippen LogP contribution in [0.2, 0.25) is 5.02 Å². The smallest absolute Gasteiger partial charge is 0.263 e. The van der Waals surface area contributed by atoms with Gasteiger partial charge in [-0.25, -0.2) is 4.98 Å². The van der Waals surface area contributed by atoms with Crippen LogP contribution in [-0.4, -0.2) is 22.4 Å². The molecule has 0 aliphatic carbocycles. The third kappa shape index (κ3) is 3.99.